The quantitative estimate of drug-likeness (QED) is 0.140. The molecule has 0 saturated carbocycles. The maximum atomic E-state index is 12.3. The number of halogens is 2. The first-order valence-corrected chi connectivity index (χ1v) is 12.6. The lowest BCUT2D eigenvalue weighted by molar-refractivity contribution is 0.0951. The van der Waals surface area contributed by atoms with Crippen LogP contribution in [-0.2, 0) is 0 Å². The van der Waals surface area contributed by atoms with E-state index in [1.54, 1.807) is 36.4 Å². The van der Waals surface area contributed by atoms with Crippen molar-refractivity contribution in [3.63, 3.8) is 0 Å². The summed E-state index contributed by atoms with van der Waals surface area (Å²) in [5.41, 5.74) is 14.1. The maximum Gasteiger partial charge on any atom is 0.251 e. The molecule has 0 aliphatic heterocycles. The van der Waals surface area contributed by atoms with Gasteiger partial charge in [-0.1, -0.05) is 61.6 Å². The van der Waals surface area contributed by atoms with Crippen LogP contribution >= 0.6 is 31.9 Å². The van der Waals surface area contributed by atoms with E-state index in [9.17, 15) is 9.59 Å². The van der Waals surface area contributed by atoms with Crippen LogP contribution in [0.25, 0.3) is 0 Å². The molecule has 0 radical (unpaired) electrons. The second-order valence-corrected chi connectivity index (χ2v) is 9.79. The molecule has 0 aromatic heterocycles. The molecule has 0 fully saturated rings. The van der Waals surface area contributed by atoms with Crippen LogP contribution in [0.4, 0.5) is 0 Å². The zero-order chi connectivity index (χ0) is 27.7. The lowest BCUT2D eigenvalue weighted by Crippen LogP contribution is -2.32. The van der Waals surface area contributed by atoms with Gasteiger partial charge in [-0.2, -0.15) is 0 Å². The lowest BCUT2D eigenvalue weighted by Gasteiger charge is -2.05. The highest BCUT2D eigenvalue weighted by Crippen LogP contribution is 2.17. The monoisotopic (exact) mass is 632 g/mol. The van der Waals surface area contributed by atoms with Crippen LogP contribution in [0.1, 0.15) is 43.0 Å². The molecule has 0 aliphatic rings. The van der Waals surface area contributed by atoms with E-state index in [4.69, 9.17) is 22.3 Å². The smallest absolute Gasteiger partial charge is 0.251 e. The summed E-state index contributed by atoms with van der Waals surface area (Å²) in [5, 5.41) is 19.6. The van der Waals surface area contributed by atoms with Gasteiger partial charge in [-0.05, 0) is 54.6 Å². The fraction of sp³-hybridized carbons (Fsp3) is 0.0714. The largest absolute Gasteiger partial charge is 0.386 e. The number of nitrogens with two attached hydrogens (primary N) is 2. The van der Waals surface area contributed by atoms with Gasteiger partial charge in [-0.3, -0.25) is 20.4 Å². The molecule has 0 heterocycles. The fourth-order valence-corrected chi connectivity index (χ4v) is 4.09. The SMILES string of the molecule is N=C(N)CNC(=O)c1cc(Br)cc(C#Cc2cccc(C#Cc3cc(Br)cc(C(=O)NCC(=N)N)c3)c2)c1. The summed E-state index contributed by atoms with van der Waals surface area (Å²) in [7, 11) is 0. The normalized spacial score (nSPS) is 9.74. The Hall–Kier alpha value is -4.38. The lowest BCUT2D eigenvalue weighted by atomic mass is 10.1. The minimum Gasteiger partial charge on any atom is -0.386 e. The average molecular weight is 634 g/mol. The number of carbonyl (C=O) groups is 2. The third-order valence-corrected chi connectivity index (χ3v) is 5.68. The van der Waals surface area contributed by atoms with Crippen molar-refractivity contribution in [2.24, 2.45) is 11.5 Å². The van der Waals surface area contributed by atoms with E-state index in [0.29, 0.717) is 31.2 Å². The van der Waals surface area contributed by atoms with Gasteiger partial charge in [0, 0.05) is 42.3 Å². The van der Waals surface area contributed by atoms with Crippen LogP contribution in [0.3, 0.4) is 0 Å². The molecule has 8 N–H and O–H groups in total. The van der Waals surface area contributed by atoms with Crippen molar-refractivity contribution >= 4 is 55.3 Å². The molecule has 2 amide bonds. The Balaban J connectivity index is 1.80. The Morgan fingerprint density at radius 2 is 1.05 bits per heavy atom. The molecule has 190 valence electrons. The van der Waals surface area contributed by atoms with Gasteiger partial charge in [0.25, 0.3) is 11.8 Å². The Labute approximate surface area is 236 Å². The van der Waals surface area contributed by atoms with Gasteiger partial charge in [0.1, 0.15) is 11.7 Å². The van der Waals surface area contributed by atoms with Crippen LogP contribution in [0.2, 0.25) is 0 Å². The Morgan fingerprint density at radius 3 is 1.45 bits per heavy atom. The number of hydrogen-bond donors (Lipinski definition) is 6. The van der Waals surface area contributed by atoms with E-state index in [1.165, 1.54) is 0 Å². The molecule has 0 unspecified atom stereocenters. The first-order valence-electron chi connectivity index (χ1n) is 11.1. The predicted molar refractivity (Wildman–Crippen MR) is 155 cm³/mol. The summed E-state index contributed by atoms with van der Waals surface area (Å²) in [6.45, 7) is -0.0665. The van der Waals surface area contributed by atoms with E-state index >= 15 is 0 Å². The Morgan fingerprint density at radius 1 is 0.658 bits per heavy atom. The molecule has 0 bridgehead atoms. The van der Waals surface area contributed by atoms with E-state index in [-0.39, 0.29) is 36.6 Å². The Bertz CT molecular complexity index is 1450. The minimum atomic E-state index is -0.353. The molecule has 0 aliphatic carbocycles. The van der Waals surface area contributed by atoms with Crippen molar-refractivity contribution in [3.8, 4) is 23.7 Å². The molecule has 0 spiro atoms. The highest BCUT2D eigenvalue weighted by Gasteiger charge is 2.09. The molecule has 3 aromatic rings. The number of amidine groups is 2. The highest BCUT2D eigenvalue weighted by molar-refractivity contribution is 9.10. The number of carbonyl (C=O) groups excluding carboxylic acids is 2. The van der Waals surface area contributed by atoms with E-state index in [0.717, 1.165) is 11.1 Å². The molecular formula is C28H22Br2N6O2. The van der Waals surface area contributed by atoms with Gasteiger partial charge in [0.15, 0.2) is 0 Å². The standard InChI is InChI=1S/C28H22Br2N6O2/c29-23-11-19(9-21(13-23)27(37)35-15-25(31)32)6-4-17-2-1-3-18(8-17)5-7-20-10-22(14-24(30)12-20)28(38)36-16-26(33)34/h1-3,8-14H,15-16H2,(H3,31,32)(H3,33,34)(H,35,37)(H,36,38). The molecule has 10 heteroatoms. The highest BCUT2D eigenvalue weighted by atomic mass is 79.9. The Kier molecular flexibility index (Phi) is 9.83. The predicted octanol–water partition coefficient (Wildman–Crippen LogP) is 3.34. The third kappa shape index (κ3) is 8.93. The number of rotatable bonds is 6. The van der Waals surface area contributed by atoms with Gasteiger partial charge in [0.2, 0.25) is 0 Å². The van der Waals surface area contributed by atoms with Crippen molar-refractivity contribution in [1.82, 2.24) is 10.6 Å². The molecule has 0 saturated heterocycles. The van der Waals surface area contributed by atoms with Crippen molar-refractivity contribution in [2.45, 2.75) is 0 Å². The maximum absolute atomic E-state index is 12.3. The van der Waals surface area contributed by atoms with Crippen LogP contribution in [0, 0.1) is 34.5 Å². The second kappa shape index (κ2) is 13.2. The number of nitrogens with one attached hydrogen (secondary N) is 4. The second-order valence-electron chi connectivity index (χ2n) is 7.95. The zero-order valence-electron chi connectivity index (χ0n) is 19.9. The zero-order valence-corrected chi connectivity index (χ0v) is 23.1. The van der Waals surface area contributed by atoms with Gasteiger partial charge < -0.3 is 22.1 Å². The van der Waals surface area contributed by atoms with Crippen molar-refractivity contribution in [2.75, 3.05) is 13.1 Å². The van der Waals surface area contributed by atoms with Crippen LogP contribution in [0.5, 0.6) is 0 Å². The van der Waals surface area contributed by atoms with E-state index in [2.05, 4.69) is 66.2 Å². The summed E-state index contributed by atoms with van der Waals surface area (Å²) >= 11 is 6.80. The summed E-state index contributed by atoms with van der Waals surface area (Å²) in [6, 6.07) is 17.6. The molecule has 0 atom stereocenters. The van der Waals surface area contributed by atoms with Crippen molar-refractivity contribution < 1.29 is 9.59 Å². The summed E-state index contributed by atoms with van der Waals surface area (Å²) in [5.74, 6) is 11.3. The average Bonchev–Trinajstić information content (AvgIpc) is 2.87. The fourth-order valence-electron chi connectivity index (χ4n) is 3.10. The number of hydrogen-bond acceptors (Lipinski definition) is 4. The number of amides is 2. The van der Waals surface area contributed by atoms with Crippen LogP contribution in [-0.4, -0.2) is 36.6 Å². The summed E-state index contributed by atoms with van der Waals surface area (Å²) in [6.07, 6.45) is 0. The van der Waals surface area contributed by atoms with Gasteiger partial charge in [0.05, 0.1) is 13.1 Å². The topological polar surface area (TPSA) is 158 Å². The third-order valence-electron chi connectivity index (χ3n) is 4.76. The molecule has 3 aromatic carbocycles. The van der Waals surface area contributed by atoms with Crippen molar-refractivity contribution in [1.29, 1.82) is 10.8 Å². The van der Waals surface area contributed by atoms with Crippen LogP contribution < -0.4 is 22.1 Å². The molecule has 38 heavy (non-hydrogen) atoms. The number of benzene rings is 3. The first-order chi connectivity index (χ1) is 18.1. The van der Waals surface area contributed by atoms with Gasteiger partial charge in [-0.15, -0.1) is 0 Å². The first kappa shape index (κ1) is 28.2. The summed E-state index contributed by atoms with van der Waals surface area (Å²) in [4.78, 5) is 24.6. The van der Waals surface area contributed by atoms with Gasteiger partial charge >= 0.3 is 0 Å². The van der Waals surface area contributed by atoms with E-state index in [1.807, 2.05) is 24.3 Å². The van der Waals surface area contributed by atoms with Gasteiger partial charge in [-0.25, -0.2) is 0 Å². The molecular weight excluding hydrogens is 612 g/mol. The van der Waals surface area contributed by atoms with Crippen molar-refractivity contribution in [3.05, 3.63) is 103 Å². The molecule has 3 rings (SSSR count). The molecule has 8 nitrogen and oxygen atoms in total. The minimum absolute atomic E-state index is 0.0332. The van der Waals surface area contributed by atoms with E-state index < -0.39 is 0 Å². The summed E-state index contributed by atoms with van der Waals surface area (Å²) < 4.78 is 1.39. The van der Waals surface area contributed by atoms with Crippen LogP contribution in [0.15, 0.2) is 69.6 Å².